The smallest absolute Gasteiger partial charge is 0.155 e. The lowest BCUT2D eigenvalue weighted by Crippen LogP contribution is -1.95. The molecule has 0 aromatic rings. The van der Waals surface area contributed by atoms with Crippen molar-refractivity contribution in [2.75, 3.05) is 0 Å². The number of ketones is 1. The Morgan fingerprint density at radius 3 is 2.36 bits per heavy atom. The van der Waals surface area contributed by atoms with Gasteiger partial charge in [-0.3, -0.25) is 4.79 Å². The Labute approximate surface area is 69.5 Å². The molecule has 0 amide bonds. The number of hydrogen-bond donors (Lipinski definition) is 0. The summed E-state index contributed by atoms with van der Waals surface area (Å²) in [6.45, 7) is 5.74. The third-order valence-corrected chi connectivity index (χ3v) is 1.85. The van der Waals surface area contributed by atoms with E-state index in [1.54, 1.807) is 6.92 Å². The van der Waals surface area contributed by atoms with Gasteiger partial charge in [0.25, 0.3) is 0 Å². The summed E-state index contributed by atoms with van der Waals surface area (Å²) in [6, 6.07) is 0. The fourth-order valence-corrected chi connectivity index (χ4v) is 1.09. The first-order valence-corrected chi connectivity index (χ1v) is 4.38. The minimum Gasteiger partial charge on any atom is -0.295 e. The summed E-state index contributed by atoms with van der Waals surface area (Å²) >= 11 is 0. The molecule has 0 aromatic heterocycles. The molecule has 0 saturated heterocycles. The Balaban J connectivity index is 3.63. The number of rotatable bonds is 5. The predicted molar refractivity (Wildman–Crippen MR) is 48.6 cm³/mol. The molecule has 0 aliphatic carbocycles. The molecule has 0 heterocycles. The molecule has 0 saturated carbocycles. The van der Waals surface area contributed by atoms with Crippen LogP contribution in [0, 0.1) is 0 Å². The maximum Gasteiger partial charge on any atom is 0.155 e. The summed E-state index contributed by atoms with van der Waals surface area (Å²) < 4.78 is 0. The van der Waals surface area contributed by atoms with E-state index in [4.69, 9.17) is 0 Å². The maximum absolute atomic E-state index is 10.9. The highest BCUT2D eigenvalue weighted by atomic mass is 16.1. The van der Waals surface area contributed by atoms with Gasteiger partial charge in [-0.15, -0.1) is 0 Å². The molecular weight excluding hydrogens is 136 g/mol. The van der Waals surface area contributed by atoms with Crippen molar-refractivity contribution in [3.63, 3.8) is 0 Å². The molecule has 11 heavy (non-hydrogen) atoms. The highest BCUT2D eigenvalue weighted by Crippen LogP contribution is 2.09. The van der Waals surface area contributed by atoms with Crippen LogP contribution in [-0.2, 0) is 4.79 Å². The minimum absolute atomic E-state index is 0.226. The van der Waals surface area contributed by atoms with E-state index in [9.17, 15) is 4.79 Å². The molecule has 0 aromatic carbocycles. The molecule has 1 nitrogen and oxygen atoms in total. The van der Waals surface area contributed by atoms with Gasteiger partial charge in [-0.25, -0.2) is 0 Å². The van der Waals surface area contributed by atoms with Crippen molar-refractivity contribution in [2.45, 2.75) is 46.5 Å². The van der Waals surface area contributed by atoms with E-state index >= 15 is 0 Å². The monoisotopic (exact) mass is 154 g/mol. The Morgan fingerprint density at radius 2 is 2.00 bits per heavy atom. The van der Waals surface area contributed by atoms with E-state index in [0.717, 1.165) is 18.4 Å². The summed E-state index contributed by atoms with van der Waals surface area (Å²) in [5.74, 6) is 0.226. The Kier molecular flexibility index (Phi) is 5.81. The first-order valence-electron chi connectivity index (χ1n) is 4.38. The van der Waals surface area contributed by atoms with Gasteiger partial charge in [0.05, 0.1) is 0 Å². The van der Waals surface area contributed by atoms with Crippen LogP contribution in [0.5, 0.6) is 0 Å². The molecular formula is C10H18O. The average Bonchev–Trinajstić information content (AvgIpc) is 1.97. The number of hydrogen-bond acceptors (Lipinski definition) is 1. The van der Waals surface area contributed by atoms with Gasteiger partial charge in [-0.05, 0) is 32.3 Å². The average molecular weight is 154 g/mol. The number of allylic oxidation sites excluding steroid dienone is 2. The normalized spacial score (nSPS) is 11.7. The van der Waals surface area contributed by atoms with Crippen LogP contribution in [0.15, 0.2) is 11.6 Å². The van der Waals surface area contributed by atoms with E-state index in [-0.39, 0.29) is 5.78 Å². The summed E-state index contributed by atoms with van der Waals surface area (Å²) in [5, 5.41) is 0. The molecule has 0 radical (unpaired) electrons. The second kappa shape index (κ2) is 6.14. The fourth-order valence-electron chi connectivity index (χ4n) is 1.09. The van der Waals surface area contributed by atoms with E-state index in [2.05, 4.69) is 6.92 Å². The Morgan fingerprint density at radius 1 is 1.36 bits per heavy atom. The highest BCUT2D eigenvalue weighted by Gasteiger charge is 2.00. The van der Waals surface area contributed by atoms with Gasteiger partial charge in [-0.1, -0.05) is 25.8 Å². The number of unbranched alkanes of at least 4 members (excludes halogenated alkanes) is 2. The van der Waals surface area contributed by atoms with Gasteiger partial charge in [0, 0.05) is 0 Å². The zero-order valence-corrected chi connectivity index (χ0v) is 7.81. The molecule has 0 spiro atoms. The first kappa shape index (κ1) is 10.4. The van der Waals surface area contributed by atoms with E-state index < -0.39 is 0 Å². The molecule has 64 valence electrons. The molecule has 1 heteroatoms. The molecule has 0 N–H and O–H groups in total. The molecule has 0 atom stereocenters. The summed E-state index contributed by atoms with van der Waals surface area (Å²) in [6.07, 6.45) is 6.48. The second-order valence-corrected chi connectivity index (χ2v) is 2.83. The molecule has 0 unspecified atom stereocenters. The predicted octanol–water partition coefficient (Wildman–Crippen LogP) is 3.10. The quantitative estimate of drug-likeness (QED) is 0.439. The molecule has 0 fully saturated rings. The SMILES string of the molecule is CC=C(CCCCC)C(C)=O. The van der Waals surface area contributed by atoms with Crippen molar-refractivity contribution in [3.8, 4) is 0 Å². The van der Waals surface area contributed by atoms with Gasteiger partial charge >= 0.3 is 0 Å². The Bertz CT molecular complexity index is 145. The molecule has 0 aliphatic rings. The van der Waals surface area contributed by atoms with Crippen LogP contribution in [0.1, 0.15) is 46.5 Å². The third-order valence-electron chi connectivity index (χ3n) is 1.85. The van der Waals surface area contributed by atoms with Crippen molar-refractivity contribution < 1.29 is 4.79 Å². The first-order chi connectivity index (χ1) is 5.22. The lowest BCUT2D eigenvalue weighted by atomic mass is 10.0. The van der Waals surface area contributed by atoms with Crippen molar-refractivity contribution in [1.29, 1.82) is 0 Å². The molecule has 0 bridgehead atoms. The van der Waals surface area contributed by atoms with Gasteiger partial charge in [0.15, 0.2) is 5.78 Å². The Hall–Kier alpha value is -0.590. The number of carbonyl (C=O) groups is 1. The van der Waals surface area contributed by atoms with E-state index in [1.807, 2.05) is 13.0 Å². The standard InChI is InChI=1S/C10H18O/c1-4-6-7-8-10(5-2)9(3)11/h5H,4,6-8H2,1-3H3. The molecule has 0 rings (SSSR count). The fraction of sp³-hybridized carbons (Fsp3) is 0.700. The summed E-state index contributed by atoms with van der Waals surface area (Å²) in [7, 11) is 0. The topological polar surface area (TPSA) is 17.1 Å². The zero-order chi connectivity index (χ0) is 8.69. The van der Waals surface area contributed by atoms with E-state index in [1.165, 1.54) is 12.8 Å². The van der Waals surface area contributed by atoms with E-state index in [0.29, 0.717) is 0 Å². The minimum atomic E-state index is 0.226. The lowest BCUT2D eigenvalue weighted by Gasteiger charge is -2.00. The number of Topliss-reactive ketones (excluding diaryl/α,β-unsaturated/α-hetero) is 1. The van der Waals surface area contributed by atoms with Crippen LogP contribution in [-0.4, -0.2) is 5.78 Å². The van der Waals surface area contributed by atoms with Crippen LogP contribution in [0.25, 0.3) is 0 Å². The van der Waals surface area contributed by atoms with Crippen LogP contribution in [0.4, 0.5) is 0 Å². The van der Waals surface area contributed by atoms with Gasteiger partial charge in [0.1, 0.15) is 0 Å². The lowest BCUT2D eigenvalue weighted by molar-refractivity contribution is -0.113. The van der Waals surface area contributed by atoms with Crippen LogP contribution >= 0.6 is 0 Å². The summed E-state index contributed by atoms with van der Waals surface area (Å²) in [5.41, 5.74) is 0.985. The molecule has 0 aliphatic heterocycles. The number of carbonyl (C=O) groups excluding carboxylic acids is 1. The summed E-state index contributed by atoms with van der Waals surface area (Å²) in [4.78, 5) is 10.9. The van der Waals surface area contributed by atoms with Crippen LogP contribution in [0.3, 0.4) is 0 Å². The van der Waals surface area contributed by atoms with Gasteiger partial charge in [-0.2, -0.15) is 0 Å². The van der Waals surface area contributed by atoms with Crippen molar-refractivity contribution in [3.05, 3.63) is 11.6 Å². The van der Waals surface area contributed by atoms with Gasteiger partial charge < -0.3 is 0 Å². The third kappa shape index (κ3) is 4.77. The zero-order valence-electron chi connectivity index (χ0n) is 7.81. The van der Waals surface area contributed by atoms with Crippen LogP contribution < -0.4 is 0 Å². The largest absolute Gasteiger partial charge is 0.295 e. The highest BCUT2D eigenvalue weighted by molar-refractivity contribution is 5.93. The van der Waals surface area contributed by atoms with Crippen molar-refractivity contribution in [1.82, 2.24) is 0 Å². The van der Waals surface area contributed by atoms with Crippen LogP contribution in [0.2, 0.25) is 0 Å². The van der Waals surface area contributed by atoms with Crippen molar-refractivity contribution >= 4 is 5.78 Å². The van der Waals surface area contributed by atoms with Crippen molar-refractivity contribution in [2.24, 2.45) is 0 Å². The second-order valence-electron chi connectivity index (χ2n) is 2.83. The van der Waals surface area contributed by atoms with Gasteiger partial charge in [0.2, 0.25) is 0 Å². The maximum atomic E-state index is 10.9.